The molecule has 0 amide bonds. The third kappa shape index (κ3) is 4.30. The summed E-state index contributed by atoms with van der Waals surface area (Å²) in [5.41, 5.74) is 0.109. The van der Waals surface area contributed by atoms with Crippen LogP contribution < -0.4 is 5.32 Å². The molecule has 1 aliphatic carbocycles. The summed E-state index contributed by atoms with van der Waals surface area (Å²) in [6.45, 7) is 1.73. The molecule has 0 bridgehead atoms. The zero-order valence-corrected chi connectivity index (χ0v) is 14.3. The smallest absolute Gasteiger partial charge is 0.385 e. The first-order valence-corrected chi connectivity index (χ1v) is 9.77. The maximum Gasteiger partial charge on any atom is 0.416 e. The van der Waals surface area contributed by atoms with Crippen molar-refractivity contribution in [3.63, 3.8) is 0 Å². The number of anilines is 1. The topological polar surface area (TPSA) is 32.3 Å². The Bertz CT molecular complexity index is 568. The Morgan fingerprint density at radius 2 is 1.79 bits per heavy atom. The molecule has 24 heavy (non-hydrogen) atoms. The molecule has 1 aliphatic heterocycles. The van der Waals surface area contributed by atoms with Gasteiger partial charge in [-0.3, -0.25) is 0 Å². The Balaban J connectivity index is 1.44. The SMILES string of the molecule is O=S1CCCN1C1CCC(CNc2ccc(C(F)(F)F)cc2)CC1. The Kier molecular flexibility index (Phi) is 5.49. The van der Waals surface area contributed by atoms with E-state index < -0.39 is 22.7 Å². The Labute approximate surface area is 143 Å². The van der Waals surface area contributed by atoms with Gasteiger partial charge in [-0.25, -0.2) is 8.51 Å². The van der Waals surface area contributed by atoms with E-state index >= 15 is 0 Å². The molecule has 134 valence electrons. The van der Waals surface area contributed by atoms with Crippen LogP contribution in [-0.4, -0.2) is 33.4 Å². The van der Waals surface area contributed by atoms with Crippen molar-refractivity contribution in [2.45, 2.75) is 44.3 Å². The number of halogens is 3. The van der Waals surface area contributed by atoms with Gasteiger partial charge in [-0.15, -0.1) is 0 Å². The van der Waals surface area contributed by atoms with Crippen molar-refractivity contribution in [3.05, 3.63) is 29.8 Å². The first kappa shape index (κ1) is 17.7. The molecule has 1 N–H and O–H groups in total. The van der Waals surface area contributed by atoms with E-state index in [2.05, 4.69) is 9.62 Å². The van der Waals surface area contributed by atoms with E-state index in [9.17, 15) is 17.4 Å². The fourth-order valence-electron chi connectivity index (χ4n) is 3.59. The summed E-state index contributed by atoms with van der Waals surface area (Å²) in [6.07, 6.45) is 1.02. The minimum atomic E-state index is -4.29. The maximum atomic E-state index is 12.5. The molecule has 3 rings (SSSR count). The molecule has 1 saturated heterocycles. The van der Waals surface area contributed by atoms with Gasteiger partial charge in [0.25, 0.3) is 0 Å². The van der Waals surface area contributed by atoms with Gasteiger partial charge in [0, 0.05) is 30.6 Å². The molecule has 1 unspecified atom stereocenters. The van der Waals surface area contributed by atoms with Gasteiger partial charge >= 0.3 is 6.18 Å². The van der Waals surface area contributed by atoms with Crippen molar-refractivity contribution in [1.82, 2.24) is 4.31 Å². The predicted octanol–water partition coefficient (Wildman–Crippen LogP) is 4.05. The Morgan fingerprint density at radius 3 is 2.33 bits per heavy atom. The van der Waals surface area contributed by atoms with Gasteiger partial charge in [-0.1, -0.05) is 0 Å². The normalized spacial score (nSPS) is 28.9. The number of benzene rings is 1. The lowest BCUT2D eigenvalue weighted by atomic mass is 9.86. The molecule has 0 radical (unpaired) electrons. The van der Waals surface area contributed by atoms with Crippen molar-refractivity contribution in [3.8, 4) is 0 Å². The fourth-order valence-corrected chi connectivity index (χ4v) is 5.07. The van der Waals surface area contributed by atoms with Gasteiger partial charge in [-0.2, -0.15) is 13.2 Å². The van der Waals surface area contributed by atoms with Gasteiger partial charge in [0.15, 0.2) is 0 Å². The number of alkyl halides is 3. The molecular formula is C17H23F3N2OS. The third-order valence-corrected chi connectivity index (χ3v) is 6.63. The van der Waals surface area contributed by atoms with Crippen LogP contribution >= 0.6 is 0 Å². The second-order valence-corrected chi connectivity index (χ2v) is 8.17. The lowest BCUT2D eigenvalue weighted by Gasteiger charge is -2.33. The van der Waals surface area contributed by atoms with E-state index in [0.29, 0.717) is 12.0 Å². The highest BCUT2D eigenvalue weighted by Crippen LogP contribution is 2.32. The van der Waals surface area contributed by atoms with Crippen LogP contribution in [0.1, 0.15) is 37.7 Å². The predicted molar refractivity (Wildman–Crippen MR) is 90.0 cm³/mol. The number of nitrogens with one attached hydrogen (secondary N) is 1. The summed E-state index contributed by atoms with van der Waals surface area (Å²) in [7, 11) is -0.787. The summed E-state index contributed by atoms with van der Waals surface area (Å²) >= 11 is 0. The molecule has 1 atom stereocenters. The van der Waals surface area contributed by atoms with Crippen molar-refractivity contribution in [2.24, 2.45) is 5.92 Å². The minimum absolute atomic E-state index is 0.440. The maximum absolute atomic E-state index is 12.5. The van der Waals surface area contributed by atoms with E-state index in [0.717, 1.165) is 68.8 Å². The average molecular weight is 360 g/mol. The van der Waals surface area contributed by atoms with Crippen LogP contribution in [0, 0.1) is 5.92 Å². The zero-order chi connectivity index (χ0) is 17.2. The van der Waals surface area contributed by atoms with Crippen molar-refractivity contribution < 1.29 is 17.4 Å². The first-order chi connectivity index (χ1) is 11.4. The van der Waals surface area contributed by atoms with Crippen molar-refractivity contribution in [1.29, 1.82) is 0 Å². The fraction of sp³-hybridized carbons (Fsp3) is 0.647. The molecule has 2 fully saturated rings. The minimum Gasteiger partial charge on any atom is -0.385 e. The lowest BCUT2D eigenvalue weighted by Crippen LogP contribution is -2.37. The summed E-state index contributed by atoms with van der Waals surface area (Å²) in [6, 6.07) is 5.64. The van der Waals surface area contributed by atoms with E-state index in [1.807, 2.05) is 0 Å². The largest absolute Gasteiger partial charge is 0.416 e. The Hall–Kier alpha value is -1.08. The van der Waals surface area contributed by atoms with Gasteiger partial charge in [0.2, 0.25) is 0 Å². The molecule has 0 spiro atoms. The molecule has 1 heterocycles. The Morgan fingerprint density at radius 1 is 1.12 bits per heavy atom. The molecule has 7 heteroatoms. The lowest BCUT2D eigenvalue weighted by molar-refractivity contribution is -0.137. The molecule has 1 aromatic rings. The number of hydrogen-bond donors (Lipinski definition) is 1. The summed E-state index contributed by atoms with van der Waals surface area (Å²) in [4.78, 5) is 0. The van der Waals surface area contributed by atoms with Crippen molar-refractivity contribution >= 4 is 16.7 Å². The third-order valence-electron chi connectivity index (χ3n) is 4.99. The van der Waals surface area contributed by atoms with Crippen LogP contribution in [0.4, 0.5) is 18.9 Å². The second-order valence-electron chi connectivity index (χ2n) is 6.65. The second kappa shape index (κ2) is 7.44. The van der Waals surface area contributed by atoms with E-state index in [4.69, 9.17) is 0 Å². The first-order valence-electron chi connectivity index (χ1n) is 8.50. The van der Waals surface area contributed by atoms with E-state index in [-0.39, 0.29) is 0 Å². The van der Waals surface area contributed by atoms with Crippen molar-refractivity contribution in [2.75, 3.05) is 24.2 Å². The highest BCUT2D eigenvalue weighted by Gasteiger charge is 2.32. The van der Waals surface area contributed by atoms with Gasteiger partial charge in [0.1, 0.15) is 0 Å². The molecule has 0 aromatic heterocycles. The summed E-state index contributed by atoms with van der Waals surface area (Å²) in [5, 5.41) is 3.25. The molecule has 3 nitrogen and oxygen atoms in total. The number of nitrogens with zero attached hydrogens (tertiary/aromatic N) is 1. The van der Waals surface area contributed by atoms with Gasteiger partial charge in [-0.05, 0) is 62.3 Å². The van der Waals surface area contributed by atoms with Crippen LogP contribution in [0.15, 0.2) is 24.3 Å². The molecular weight excluding hydrogens is 337 g/mol. The average Bonchev–Trinajstić information content (AvgIpc) is 2.99. The summed E-state index contributed by atoms with van der Waals surface area (Å²) < 4.78 is 51.7. The van der Waals surface area contributed by atoms with Crippen LogP contribution in [0.5, 0.6) is 0 Å². The van der Waals surface area contributed by atoms with E-state index in [1.54, 1.807) is 0 Å². The van der Waals surface area contributed by atoms with Gasteiger partial charge in [0.05, 0.1) is 16.5 Å². The monoisotopic (exact) mass is 360 g/mol. The van der Waals surface area contributed by atoms with Crippen LogP contribution in [-0.2, 0) is 17.2 Å². The van der Waals surface area contributed by atoms with Crippen LogP contribution in [0.3, 0.4) is 0 Å². The summed E-state index contributed by atoms with van der Waals surface area (Å²) in [5.74, 6) is 1.33. The molecule has 1 saturated carbocycles. The number of rotatable bonds is 4. The van der Waals surface area contributed by atoms with Crippen LogP contribution in [0.2, 0.25) is 0 Å². The highest BCUT2D eigenvalue weighted by atomic mass is 32.2. The van der Waals surface area contributed by atoms with E-state index in [1.165, 1.54) is 12.1 Å². The molecule has 1 aromatic carbocycles. The highest BCUT2D eigenvalue weighted by molar-refractivity contribution is 7.82. The van der Waals surface area contributed by atoms with Gasteiger partial charge < -0.3 is 5.32 Å². The zero-order valence-electron chi connectivity index (χ0n) is 13.5. The quantitative estimate of drug-likeness (QED) is 0.879. The number of hydrogen-bond acceptors (Lipinski definition) is 2. The van der Waals surface area contributed by atoms with Crippen LogP contribution in [0.25, 0.3) is 0 Å². The molecule has 2 aliphatic rings. The standard InChI is InChI=1S/C17H23F3N2OS/c18-17(19,20)14-4-6-15(7-5-14)21-12-13-2-8-16(9-3-13)22-10-1-11-24(22)23/h4-7,13,16,21H,1-3,8-12H2.